The maximum absolute atomic E-state index is 5.78. The summed E-state index contributed by atoms with van der Waals surface area (Å²) in [6.07, 6.45) is 2.25. The molecule has 0 unspecified atom stereocenters. The van der Waals surface area contributed by atoms with Crippen LogP contribution in [0.15, 0.2) is 36.4 Å². The van der Waals surface area contributed by atoms with Gasteiger partial charge in [0, 0.05) is 12.2 Å². The Kier molecular flexibility index (Phi) is 2.55. The Hall–Kier alpha value is -2.23. The fraction of sp³-hybridized carbons (Fsp3) is 0.214. The van der Waals surface area contributed by atoms with Gasteiger partial charge in [0.15, 0.2) is 0 Å². The average Bonchev–Trinajstić information content (AvgIpc) is 2.41. The van der Waals surface area contributed by atoms with Crippen LogP contribution in [-0.4, -0.2) is 11.5 Å². The average molecular weight is 240 g/mol. The summed E-state index contributed by atoms with van der Waals surface area (Å²) in [7, 11) is 0. The van der Waals surface area contributed by atoms with E-state index in [0.29, 0.717) is 11.5 Å². The zero-order valence-electron chi connectivity index (χ0n) is 10.1. The first-order valence-corrected chi connectivity index (χ1v) is 6.13. The number of anilines is 4. The molecule has 0 saturated heterocycles. The van der Waals surface area contributed by atoms with Crippen LogP contribution in [0.25, 0.3) is 0 Å². The van der Waals surface area contributed by atoms with Crippen molar-refractivity contribution in [2.45, 2.75) is 12.8 Å². The van der Waals surface area contributed by atoms with E-state index in [1.54, 1.807) is 0 Å². The zero-order chi connectivity index (χ0) is 12.5. The number of fused-ring (bicyclic) bond motifs is 1. The van der Waals surface area contributed by atoms with Gasteiger partial charge in [-0.25, -0.2) is 4.98 Å². The van der Waals surface area contributed by atoms with Gasteiger partial charge in [0.05, 0.1) is 5.69 Å². The van der Waals surface area contributed by atoms with E-state index in [2.05, 4.69) is 34.1 Å². The lowest BCUT2D eigenvalue weighted by molar-refractivity contribution is 0.760. The molecule has 0 bridgehead atoms. The Balaban J connectivity index is 2.05. The summed E-state index contributed by atoms with van der Waals surface area (Å²) < 4.78 is 0. The van der Waals surface area contributed by atoms with Gasteiger partial charge < -0.3 is 16.4 Å². The minimum absolute atomic E-state index is 0.399. The highest BCUT2D eigenvalue weighted by atomic mass is 15.2. The molecule has 4 heteroatoms. The number of rotatable bonds is 1. The maximum Gasteiger partial charge on any atom is 0.149 e. The van der Waals surface area contributed by atoms with Crippen molar-refractivity contribution in [2.75, 3.05) is 22.9 Å². The quantitative estimate of drug-likeness (QED) is 0.802. The van der Waals surface area contributed by atoms with Crippen LogP contribution >= 0.6 is 0 Å². The van der Waals surface area contributed by atoms with E-state index >= 15 is 0 Å². The molecule has 92 valence electrons. The topological polar surface area (TPSA) is 68.2 Å². The SMILES string of the molecule is Nc1ccc(N2CCCc3ccccc32)nc1N. The Bertz CT molecular complexity index is 580. The molecular weight excluding hydrogens is 224 g/mol. The third kappa shape index (κ3) is 1.76. The highest BCUT2D eigenvalue weighted by molar-refractivity contribution is 5.69. The molecule has 18 heavy (non-hydrogen) atoms. The number of benzene rings is 1. The lowest BCUT2D eigenvalue weighted by Crippen LogP contribution is -2.25. The minimum atomic E-state index is 0.399. The summed E-state index contributed by atoms with van der Waals surface area (Å²) in [6, 6.07) is 12.2. The molecule has 1 aromatic carbocycles. The fourth-order valence-electron chi connectivity index (χ4n) is 2.40. The predicted octanol–water partition coefficient (Wildman–Crippen LogP) is 2.33. The first-order chi connectivity index (χ1) is 8.75. The van der Waals surface area contributed by atoms with Crippen molar-refractivity contribution in [1.82, 2.24) is 4.98 Å². The third-order valence-corrected chi connectivity index (χ3v) is 3.33. The number of aromatic nitrogens is 1. The molecule has 2 heterocycles. The summed E-state index contributed by atoms with van der Waals surface area (Å²) in [6.45, 7) is 0.966. The lowest BCUT2D eigenvalue weighted by atomic mass is 10.0. The first kappa shape index (κ1) is 10.9. The van der Waals surface area contributed by atoms with Gasteiger partial charge in [0.25, 0.3) is 0 Å². The molecule has 4 N–H and O–H groups in total. The number of para-hydroxylation sites is 1. The van der Waals surface area contributed by atoms with Crippen LogP contribution in [0.2, 0.25) is 0 Å². The Morgan fingerprint density at radius 2 is 1.89 bits per heavy atom. The van der Waals surface area contributed by atoms with Gasteiger partial charge in [-0.3, -0.25) is 0 Å². The number of hydrogen-bond acceptors (Lipinski definition) is 4. The molecule has 0 aliphatic carbocycles. The van der Waals surface area contributed by atoms with Crippen molar-refractivity contribution in [3.8, 4) is 0 Å². The molecular formula is C14H16N4. The van der Waals surface area contributed by atoms with Crippen LogP contribution in [0, 0.1) is 0 Å². The van der Waals surface area contributed by atoms with Gasteiger partial charge in [-0.15, -0.1) is 0 Å². The number of nitrogens with zero attached hydrogens (tertiary/aromatic N) is 2. The van der Waals surface area contributed by atoms with E-state index in [9.17, 15) is 0 Å². The molecule has 1 aliphatic rings. The normalized spacial score (nSPS) is 14.3. The van der Waals surface area contributed by atoms with Crippen LogP contribution < -0.4 is 16.4 Å². The Morgan fingerprint density at radius 3 is 2.72 bits per heavy atom. The second-order valence-electron chi connectivity index (χ2n) is 4.53. The van der Waals surface area contributed by atoms with Gasteiger partial charge in [-0.1, -0.05) is 18.2 Å². The zero-order valence-corrected chi connectivity index (χ0v) is 10.1. The molecule has 1 aromatic heterocycles. The van der Waals surface area contributed by atoms with E-state index in [1.807, 2.05) is 12.1 Å². The van der Waals surface area contributed by atoms with Gasteiger partial charge in [0.1, 0.15) is 11.6 Å². The maximum atomic E-state index is 5.78. The van der Waals surface area contributed by atoms with Crippen molar-refractivity contribution in [1.29, 1.82) is 0 Å². The number of pyridine rings is 1. The highest BCUT2D eigenvalue weighted by Crippen LogP contribution is 2.33. The van der Waals surface area contributed by atoms with Crippen molar-refractivity contribution < 1.29 is 0 Å². The van der Waals surface area contributed by atoms with Crippen LogP contribution in [-0.2, 0) is 6.42 Å². The third-order valence-electron chi connectivity index (χ3n) is 3.33. The molecule has 0 spiro atoms. The summed E-state index contributed by atoms with van der Waals surface area (Å²) in [5.74, 6) is 1.27. The summed E-state index contributed by atoms with van der Waals surface area (Å²) in [5.41, 5.74) is 14.6. The highest BCUT2D eigenvalue weighted by Gasteiger charge is 2.18. The molecule has 2 aromatic rings. The van der Waals surface area contributed by atoms with Crippen molar-refractivity contribution >= 4 is 23.0 Å². The Morgan fingerprint density at radius 1 is 1.06 bits per heavy atom. The summed E-state index contributed by atoms with van der Waals surface area (Å²) in [4.78, 5) is 6.58. The monoisotopic (exact) mass is 240 g/mol. The molecule has 0 atom stereocenters. The van der Waals surface area contributed by atoms with E-state index < -0.39 is 0 Å². The van der Waals surface area contributed by atoms with Crippen LogP contribution in [0.1, 0.15) is 12.0 Å². The van der Waals surface area contributed by atoms with E-state index in [4.69, 9.17) is 11.5 Å². The van der Waals surface area contributed by atoms with E-state index in [0.717, 1.165) is 25.2 Å². The molecule has 0 radical (unpaired) electrons. The molecule has 1 aliphatic heterocycles. The molecule has 0 amide bonds. The summed E-state index contributed by atoms with van der Waals surface area (Å²) >= 11 is 0. The second-order valence-corrected chi connectivity index (χ2v) is 4.53. The second kappa shape index (κ2) is 4.22. The number of hydrogen-bond donors (Lipinski definition) is 2. The van der Waals surface area contributed by atoms with Gasteiger partial charge >= 0.3 is 0 Å². The van der Waals surface area contributed by atoms with Crippen molar-refractivity contribution in [3.05, 3.63) is 42.0 Å². The van der Waals surface area contributed by atoms with E-state index in [-0.39, 0.29) is 0 Å². The predicted molar refractivity (Wildman–Crippen MR) is 74.8 cm³/mol. The van der Waals surface area contributed by atoms with E-state index in [1.165, 1.54) is 11.3 Å². The fourth-order valence-corrected chi connectivity index (χ4v) is 2.40. The van der Waals surface area contributed by atoms with Gasteiger partial charge in [-0.2, -0.15) is 0 Å². The molecule has 3 rings (SSSR count). The Labute approximate surface area is 106 Å². The first-order valence-electron chi connectivity index (χ1n) is 6.13. The van der Waals surface area contributed by atoms with Gasteiger partial charge in [-0.05, 0) is 36.6 Å². The number of aryl methyl sites for hydroxylation is 1. The van der Waals surface area contributed by atoms with Gasteiger partial charge in [0.2, 0.25) is 0 Å². The summed E-state index contributed by atoms with van der Waals surface area (Å²) in [5, 5.41) is 0. The van der Waals surface area contributed by atoms with Crippen molar-refractivity contribution in [3.63, 3.8) is 0 Å². The van der Waals surface area contributed by atoms with Crippen LogP contribution in [0.3, 0.4) is 0 Å². The molecule has 0 saturated carbocycles. The smallest absolute Gasteiger partial charge is 0.149 e. The van der Waals surface area contributed by atoms with Crippen LogP contribution in [0.5, 0.6) is 0 Å². The lowest BCUT2D eigenvalue weighted by Gasteiger charge is -2.30. The minimum Gasteiger partial charge on any atom is -0.396 e. The van der Waals surface area contributed by atoms with Crippen molar-refractivity contribution in [2.24, 2.45) is 0 Å². The molecule has 4 nitrogen and oxygen atoms in total. The van der Waals surface area contributed by atoms with Crippen LogP contribution in [0.4, 0.5) is 23.0 Å². The number of nitrogen functional groups attached to an aromatic ring is 2. The molecule has 0 fully saturated rings. The number of nitrogens with two attached hydrogens (primary N) is 2. The standard InChI is InChI=1S/C14H16N4/c15-11-7-8-13(17-14(11)16)18-9-3-5-10-4-1-2-6-12(10)18/h1-2,4,6-8H,3,5,9,15H2,(H2,16,17). The largest absolute Gasteiger partial charge is 0.396 e.